The van der Waals surface area contributed by atoms with Crippen LogP contribution in [0.25, 0.3) is 22.2 Å². The maximum atomic E-state index is 12.6. The zero-order valence-corrected chi connectivity index (χ0v) is 24.8. The van der Waals surface area contributed by atoms with Gasteiger partial charge >= 0.3 is 0 Å². The number of fused-ring (bicyclic) bond motifs is 3. The minimum absolute atomic E-state index is 0.00652. The molecule has 2 saturated heterocycles. The molecule has 0 amide bonds. The zero-order valence-electron chi connectivity index (χ0n) is 24.0. The average Bonchev–Trinajstić information content (AvgIpc) is 3.61. The van der Waals surface area contributed by atoms with Gasteiger partial charge in [0.25, 0.3) is 10.1 Å². The van der Waals surface area contributed by atoms with Crippen molar-refractivity contribution in [1.29, 1.82) is 0 Å². The van der Waals surface area contributed by atoms with Crippen LogP contribution in [-0.4, -0.2) is 47.4 Å². The fraction of sp³-hybridized carbons (Fsp3) is 0.438. The minimum atomic E-state index is -3.79. The van der Waals surface area contributed by atoms with Crippen molar-refractivity contribution in [3.63, 3.8) is 0 Å². The lowest BCUT2D eigenvalue weighted by atomic mass is 9.81. The summed E-state index contributed by atoms with van der Waals surface area (Å²) < 4.78 is 45.5. The molecule has 4 heterocycles. The fourth-order valence-corrected chi connectivity index (χ4v) is 7.71. The maximum absolute atomic E-state index is 12.6. The summed E-state index contributed by atoms with van der Waals surface area (Å²) in [5, 5.41) is 0.806. The van der Waals surface area contributed by atoms with E-state index in [-0.39, 0.29) is 34.7 Å². The lowest BCUT2D eigenvalue weighted by Gasteiger charge is -2.36. The molecule has 2 bridgehead atoms. The molecule has 2 N–H and O–H groups in total. The Bertz CT molecular complexity index is 1740. The molecule has 0 spiro atoms. The lowest BCUT2D eigenvalue weighted by Crippen LogP contribution is -2.32. The number of rotatable bonds is 9. The number of hydrogen-bond acceptors (Lipinski definition) is 8. The van der Waals surface area contributed by atoms with Crippen LogP contribution in [0.3, 0.4) is 0 Å². The van der Waals surface area contributed by atoms with Gasteiger partial charge in [0.15, 0.2) is 0 Å². The summed E-state index contributed by atoms with van der Waals surface area (Å²) in [5.41, 5.74) is 9.90. The van der Waals surface area contributed by atoms with Crippen LogP contribution in [0.15, 0.2) is 66.0 Å². The first-order valence-corrected chi connectivity index (χ1v) is 16.0. The molecule has 42 heavy (non-hydrogen) atoms. The van der Waals surface area contributed by atoms with Crippen LogP contribution >= 0.6 is 0 Å². The first kappa shape index (κ1) is 27.4. The van der Waals surface area contributed by atoms with Gasteiger partial charge in [0.05, 0.1) is 22.5 Å². The number of anilines is 1. The van der Waals surface area contributed by atoms with Crippen LogP contribution in [0.4, 0.5) is 5.82 Å². The Morgan fingerprint density at radius 1 is 1.07 bits per heavy atom. The third kappa shape index (κ3) is 4.95. The highest BCUT2D eigenvalue weighted by molar-refractivity contribution is 7.86. The van der Waals surface area contributed by atoms with E-state index >= 15 is 0 Å². The van der Waals surface area contributed by atoms with E-state index in [2.05, 4.69) is 27.7 Å². The molecule has 0 unspecified atom stereocenters. The second-order valence-electron chi connectivity index (χ2n) is 12.5. The van der Waals surface area contributed by atoms with Crippen LogP contribution < -0.4 is 10.5 Å². The molecule has 2 aromatic heterocycles. The highest BCUT2D eigenvalue weighted by Crippen LogP contribution is 2.51. The molecule has 220 valence electrons. The van der Waals surface area contributed by atoms with Crippen LogP contribution in [0.5, 0.6) is 5.75 Å². The number of nitrogens with zero attached hydrogens (tertiary/aromatic N) is 3. The Morgan fingerprint density at radius 3 is 2.55 bits per heavy atom. The normalized spacial score (nSPS) is 26.9. The molecular weight excluding hydrogens is 552 g/mol. The SMILES string of the molecule is Cc1ccc(S(=O)(=O)OCC2CC(n3cc(-c4cccc(OCC56CCC(C)(CC5)O6)c4)c4c(N)ncnc43)C2)cc1. The van der Waals surface area contributed by atoms with Gasteiger partial charge in [0.2, 0.25) is 0 Å². The Kier molecular flexibility index (Phi) is 6.56. The summed E-state index contributed by atoms with van der Waals surface area (Å²) in [6.07, 6.45) is 9.38. The molecule has 7 rings (SSSR count). The molecule has 1 aliphatic carbocycles. The highest BCUT2D eigenvalue weighted by atomic mass is 32.2. The van der Waals surface area contributed by atoms with Crippen molar-refractivity contribution in [2.75, 3.05) is 18.9 Å². The van der Waals surface area contributed by atoms with Gasteiger partial charge in [0.1, 0.15) is 35.7 Å². The van der Waals surface area contributed by atoms with E-state index in [0.717, 1.165) is 72.0 Å². The number of benzene rings is 2. The number of nitrogens with two attached hydrogens (primary N) is 1. The lowest BCUT2D eigenvalue weighted by molar-refractivity contribution is -0.0597. The molecule has 1 saturated carbocycles. The Hall–Kier alpha value is -3.47. The van der Waals surface area contributed by atoms with Gasteiger partial charge in [-0.25, -0.2) is 9.97 Å². The van der Waals surface area contributed by atoms with Gasteiger partial charge in [-0.2, -0.15) is 8.42 Å². The summed E-state index contributed by atoms with van der Waals surface area (Å²) in [4.78, 5) is 9.05. The van der Waals surface area contributed by atoms with Gasteiger partial charge in [0, 0.05) is 17.8 Å². The largest absolute Gasteiger partial charge is 0.491 e. The van der Waals surface area contributed by atoms with Crippen LogP contribution in [0.1, 0.15) is 57.1 Å². The number of aromatic nitrogens is 3. The van der Waals surface area contributed by atoms with Crippen LogP contribution in [0, 0.1) is 12.8 Å². The third-order valence-corrected chi connectivity index (χ3v) is 10.6. The van der Waals surface area contributed by atoms with Gasteiger partial charge in [-0.15, -0.1) is 0 Å². The predicted octanol–water partition coefficient (Wildman–Crippen LogP) is 5.83. The zero-order chi connectivity index (χ0) is 29.1. The molecule has 0 atom stereocenters. The van der Waals surface area contributed by atoms with Crippen molar-refractivity contribution in [3.8, 4) is 16.9 Å². The van der Waals surface area contributed by atoms with E-state index in [1.807, 2.05) is 31.2 Å². The monoisotopic (exact) mass is 588 g/mol. The standard InChI is InChI=1S/C32H36N4O5S/c1-21-6-8-26(9-7-21)42(37,38)40-18-22-14-24(15-22)36-17-27(28-29(33)34-20-35-30(28)36)23-4-3-5-25(16-23)39-19-32-12-10-31(2,41-32)11-13-32/h3-9,16-17,20,22,24H,10-15,18-19H2,1-2H3,(H2,33,34,35). The van der Waals surface area contributed by atoms with E-state index in [1.54, 1.807) is 24.3 Å². The topological polar surface area (TPSA) is 119 Å². The fourth-order valence-electron chi connectivity index (χ4n) is 6.73. The average molecular weight is 589 g/mol. The molecular formula is C32H36N4O5S. The molecule has 0 radical (unpaired) electrons. The van der Waals surface area contributed by atoms with Crippen LogP contribution in [0.2, 0.25) is 0 Å². The van der Waals surface area contributed by atoms with Crippen molar-refractivity contribution in [2.24, 2.45) is 5.92 Å². The van der Waals surface area contributed by atoms with Gasteiger partial charge in [-0.1, -0.05) is 29.8 Å². The van der Waals surface area contributed by atoms with E-state index in [4.69, 9.17) is 19.4 Å². The van der Waals surface area contributed by atoms with Crippen molar-refractivity contribution < 1.29 is 22.1 Å². The van der Waals surface area contributed by atoms with E-state index < -0.39 is 10.1 Å². The maximum Gasteiger partial charge on any atom is 0.296 e. The first-order chi connectivity index (χ1) is 20.1. The Labute approximate surface area is 246 Å². The van der Waals surface area contributed by atoms with Crippen molar-refractivity contribution in [3.05, 3.63) is 66.6 Å². The highest BCUT2D eigenvalue weighted by Gasteiger charge is 2.53. The summed E-state index contributed by atoms with van der Waals surface area (Å²) in [5.74, 6) is 1.34. The number of aryl methyl sites for hydroxylation is 1. The second kappa shape index (κ2) is 10.1. The number of hydrogen-bond donors (Lipinski definition) is 1. The predicted molar refractivity (Wildman–Crippen MR) is 160 cm³/mol. The third-order valence-electron chi connectivity index (χ3n) is 9.34. The van der Waals surface area contributed by atoms with Crippen molar-refractivity contribution >= 4 is 27.0 Å². The Balaban J connectivity index is 1.07. The second-order valence-corrected chi connectivity index (χ2v) is 14.1. The van der Waals surface area contributed by atoms with Crippen molar-refractivity contribution in [1.82, 2.24) is 14.5 Å². The van der Waals surface area contributed by atoms with E-state index in [0.29, 0.717) is 12.4 Å². The molecule has 3 aliphatic rings. The Morgan fingerprint density at radius 2 is 1.83 bits per heavy atom. The first-order valence-electron chi connectivity index (χ1n) is 14.6. The molecule has 2 aliphatic heterocycles. The molecule has 3 fully saturated rings. The van der Waals surface area contributed by atoms with E-state index in [9.17, 15) is 8.42 Å². The molecule has 4 aromatic rings. The molecule has 2 aromatic carbocycles. The number of ether oxygens (including phenoxy) is 2. The van der Waals surface area contributed by atoms with Gasteiger partial charge in [-0.05, 0) is 88.1 Å². The smallest absolute Gasteiger partial charge is 0.296 e. The van der Waals surface area contributed by atoms with Crippen LogP contribution in [-0.2, 0) is 19.0 Å². The summed E-state index contributed by atoms with van der Waals surface area (Å²) in [7, 11) is -3.79. The summed E-state index contributed by atoms with van der Waals surface area (Å²) >= 11 is 0. The molecule has 9 nitrogen and oxygen atoms in total. The minimum Gasteiger partial charge on any atom is -0.491 e. The van der Waals surface area contributed by atoms with Gasteiger partial charge < -0.3 is 19.8 Å². The quantitative estimate of drug-likeness (QED) is 0.243. The number of nitrogen functional groups attached to an aromatic ring is 1. The molecule has 10 heteroatoms. The van der Waals surface area contributed by atoms with E-state index in [1.165, 1.54) is 6.33 Å². The summed E-state index contributed by atoms with van der Waals surface area (Å²) in [6, 6.07) is 14.9. The summed E-state index contributed by atoms with van der Waals surface area (Å²) in [6.45, 7) is 4.82. The van der Waals surface area contributed by atoms with Gasteiger partial charge in [-0.3, -0.25) is 4.18 Å². The van der Waals surface area contributed by atoms with Crippen molar-refractivity contribution in [2.45, 2.75) is 74.5 Å².